The fourth-order valence-electron chi connectivity index (χ4n) is 2.76. The molecule has 1 aromatic carbocycles. The van der Waals surface area contributed by atoms with Crippen LogP contribution < -0.4 is 5.73 Å². The first-order chi connectivity index (χ1) is 9.74. The van der Waals surface area contributed by atoms with Crippen molar-refractivity contribution in [3.8, 4) is 0 Å². The Hall–Kier alpha value is -0.910. The smallest absolute Gasteiger partial charge is 0.214 e. The van der Waals surface area contributed by atoms with Gasteiger partial charge in [-0.3, -0.25) is 0 Å². The van der Waals surface area contributed by atoms with Gasteiger partial charge in [0.1, 0.15) is 0 Å². The molecule has 0 aliphatic carbocycles. The summed E-state index contributed by atoms with van der Waals surface area (Å²) in [6.45, 7) is 7.05. The molecule has 0 amide bonds. The van der Waals surface area contributed by atoms with Crippen LogP contribution >= 0.6 is 0 Å². The molecule has 0 saturated carbocycles. The Morgan fingerprint density at radius 1 is 1.29 bits per heavy atom. The van der Waals surface area contributed by atoms with Crippen LogP contribution in [0.15, 0.2) is 24.3 Å². The van der Waals surface area contributed by atoms with Crippen LogP contribution in [-0.2, 0) is 16.4 Å². The van der Waals surface area contributed by atoms with Crippen molar-refractivity contribution in [3.05, 3.63) is 35.4 Å². The first-order valence-electron chi connectivity index (χ1n) is 7.52. The molecule has 1 aromatic rings. The summed E-state index contributed by atoms with van der Waals surface area (Å²) in [7, 11) is -3.27. The van der Waals surface area contributed by atoms with Gasteiger partial charge in [0.2, 0.25) is 10.0 Å². The molecule has 1 heterocycles. The molecular formula is C16H26N2O2S. The van der Waals surface area contributed by atoms with Crippen LogP contribution in [0.3, 0.4) is 0 Å². The quantitative estimate of drug-likeness (QED) is 0.928. The topological polar surface area (TPSA) is 63.4 Å². The summed E-state index contributed by atoms with van der Waals surface area (Å²) in [6.07, 6.45) is 1.42. The van der Waals surface area contributed by atoms with Crippen LogP contribution in [0, 0.1) is 5.41 Å². The summed E-state index contributed by atoms with van der Waals surface area (Å²) in [5.74, 6) is 0.190. The van der Waals surface area contributed by atoms with Crippen molar-refractivity contribution in [3.63, 3.8) is 0 Å². The standard InChI is InChI=1S/C16H26N2O2S/c1-16(2,3)9-11-21(19,20)18-10-8-13-6-4-5-7-14(13)15(18)12-17/h4-7,15H,8-12,17H2,1-3H3. The minimum absolute atomic E-state index is 0.0129. The fraction of sp³-hybridized carbons (Fsp3) is 0.625. The monoisotopic (exact) mass is 310 g/mol. The van der Waals surface area contributed by atoms with Gasteiger partial charge < -0.3 is 5.73 Å². The molecule has 0 spiro atoms. The highest BCUT2D eigenvalue weighted by Gasteiger charge is 2.34. The zero-order valence-electron chi connectivity index (χ0n) is 13.2. The van der Waals surface area contributed by atoms with Crippen LogP contribution in [0.2, 0.25) is 0 Å². The van der Waals surface area contributed by atoms with E-state index in [1.54, 1.807) is 4.31 Å². The van der Waals surface area contributed by atoms with Gasteiger partial charge in [-0.25, -0.2) is 8.42 Å². The maximum Gasteiger partial charge on any atom is 0.214 e. The highest BCUT2D eigenvalue weighted by atomic mass is 32.2. The largest absolute Gasteiger partial charge is 0.329 e. The highest BCUT2D eigenvalue weighted by Crippen LogP contribution is 2.32. The lowest BCUT2D eigenvalue weighted by Crippen LogP contribution is -2.44. The molecule has 4 nitrogen and oxygen atoms in total. The van der Waals surface area contributed by atoms with E-state index in [4.69, 9.17) is 5.73 Å². The van der Waals surface area contributed by atoms with E-state index in [2.05, 4.69) is 26.8 Å². The normalized spacial score (nSPS) is 20.3. The van der Waals surface area contributed by atoms with Crippen molar-refractivity contribution in [2.75, 3.05) is 18.8 Å². The molecule has 0 bridgehead atoms. The molecule has 1 unspecified atom stereocenters. The summed E-state index contributed by atoms with van der Waals surface area (Å²) in [6, 6.07) is 7.79. The number of rotatable bonds is 4. The zero-order chi connectivity index (χ0) is 15.7. The number of fused-ring (bicyclic) bond motifs is 1. The second kappa shape index (κ2) is 6.07. The van der Waals surface area contributed by atoms with Gasteiger partial charge in [0.25, 0.3) is 0 Å². The van der Waals surface area contributed by atoms with Crippen LogP contribution in [0.25, 0.3) is 0 Å². The minimum atomic E-state index is -3.27. The van der Waals surface area contributed by atoms with E-state index in [9.17, 15) is 8.42 Å². The van der Waals surface area contributed by atoms with Gasteiger partial charge in [0.05, 0.1) is 11.8 Å². The summed E-state index contributed by atoms with van der Waals surface area (Å²) in [5.41, 5.74) is 8.17. The number of nitrogens with two attached hydrogens (primary N) is 1. The van der Waals surface area contributed by atoms with Gasteiger partial charge in [-0.05, 0) is 29.4 Å². The van der Waals surface area contributed by atoms with Crippen LogP contribution in [-0.4, -0.2) is 31.6 Å². The van der Waals surface area contributed by atoms with E-state index < -0.39 is 10.0 Å². The number of sulfonamides is 1. The van der Waals surface area contributed by atoms with Crippen LogP contribution in [0.5, 0.6) is 0 Å². The lowest BCUT2D eigenvalue weighted by Gasteiger charge is -2.36. The van der Waals surface area contributed by atoms with Crippen molar-refractivity contribution in [2.45, 2.75) is 39.7 Å². The van der Waals surface area contributed by atoms with E-state index >= 15 is 0 Å². The maximum atomic E-state index is 12.7. The lowest BCUT2D eigenvalue weighted by atomic mass is 9.94. The van der Waals surface area contributed by atoms with Crippen LogP contribution in [0.4, 0.5) is 0 Å². The molecule has 2 rings (SSSR count). The van der Waals surface area contributed by atoms with Crippen molar-refractivity contribution in [1.29, 1.82) is 0 Å². The maximum absolute atomic E-state index is 12.7. The Bertz CT molecular complexity index is 591. The summed E-state index contributed by atoms with van der Waals surface area (Å²) >= 11 is 0. The van der Waals surface area contributed by atoms with Gasteiger partial charge in [0.15, 0.2) is 0 Å². The van der Waals surface area contributed by atoms with E-state index in [1.165, 1.54) is 5.56 Å². The summed E-state index contributed by atoms with van der Waals surface area (Å²) in [5, 5.41) is 0. The third-order valence-corrected chi connectivity index (χ3v) is 5.93. The first-order valence-corrected chi connectivity index (χ1v) is 9.13. The number of benzene rings is 1. The predicted molar refractivity (Wildman–Crippen MR) is 86.5 cm³/mol. The predicted octanol–water partition coefficient (Wildman–Crippen LogP) is 2.31. The molecule has 5 heteroatoms. The van der Waals surface area contributed by atoms with E-state index in [1.807, 2.05) is 18.2 Å². The second-order valence-corrected chi connectivity index (χ2v) is 8.98. The van der Waals surface area contributed by atoms with Gasteiger partial charge in [-0.1, -0.05) is 45.0 Å². The lowest BCUT2D eigenvalue weighted by molar-refractivity contribution is 0.308. The molecule has 118 valence electrons. The summed E-state index contributed by atoms with van der Waals surface area (Å²) in [4.78, 5) is 0. The van der Waals surface area contributed by atoms with Gasteiger partial charge in [-0.15, -0.1) is 0 Å². The highest BCUT2D eigenvalue weighted by molar-refractivity contribution is 7.89. The summed E-state index contributed by atoms with van der Waals surface area (Å²) < 4.78 is 27.0. The molecule has 2 N–H and O–H groups in total. The molecule has 1 aliphatic rings. The molecular weight excluding hydrogens is 284 g/mol. The zero-order valence-corrected chi connectivity index (χ0v) is 14.0. The van der Waals surface area contributed by atoms with E-state index in [0.717, 1.165) is 12.0 Å². The van der Waals surface area contributed by atoms with Gasteiger partial charge in [0, 0.05) is 13.1 Å². The van der Waals surface area contributed by atoms with Crippen molar-refractivity contribution >= 4 is 10.0 Å². The Morgan fingerprint density at radius 2 is 1.95 bits per heavy atom. The second-order valence-electron chi connectivity index (χ2n) is 6.94. The molecule has 0 saturated heterocycles. The van der Waals surface area contributed by atoms with Gasteiger partial charge >= 0.3 is 0 Å². The molecule has 1 atom stereocenters. The minimum Gasteiger partial charge on any atom is -0.329 e. The average Bonchev–Trinajstić information content (AvgIpc) is 2.43. The fourth-order valence-corrected chi connectivity index (χ4v) is 4.82. The Balaban J connectivity index is 2.24. The molecule has 0 fully saturated rings. The molecule has 0 radical (unpaired) electrons. The van der Waals surface area contributed by atoms with Crippen molar-refractivity contribution in [2.24, 2.45) is 11.1 Å². The van der Waals surface area contributed by atoms with Crippen molar-refractivity contribution in [1.82, 2.24) is 4.31 Å². The Labute approximate surface area is 128 Å². The van der Waals surface area contributed by atoms with E-state index in [0.29, 0.717) is 19.5 Å². The van der Waals surface area contributed by atoms with Gasteiger partial charge in [-0.2, -0.15) is 4.31 Å². The Kier molecular flexibility index (Phi) is 4.76. The third-order valence-electron chi connectivity index (χ3n) is 4.05. The first kappa shape index (κ1) is 16.5. The van der Waals surface area contributed by atoms with Crippen LogP contribution in [0.1, 0.15) is 44.4 Å². The number of hydrogen-bond acceptors (Lipinski definition) is 3. The molecule has 0 aromatic heterocycles. The van der Waals surface area contributed by atoms with Crippen molar-refractivity contribution < 1.29 is 8.42 Å². The SMILES string of the molecule is CC(C)(C)CCS(=O)(=O)N1CCc2ccccc2C1CN. The molecule has 1 aliphatic heterocycles. The third kappa shape index (κ3) is 3.84. The Morgan fingerprint density at radius 3 is 2.57 bits per heavy atom. The molecule has 21 heavy (non-hydrogen) atoms. The number of nitrogens with zero attached hydrogens (tertiary/aromatic N) is 1. The average molecular weight is 310 g/mol. The number of hydrogen-bond donors (Lipinski definition) is 1. The van der Waals surface area contributed by atoms with E-state index in [-0.39, 0.29) is 17.2 Å².